The van der Waals surface area contributed by atoms with Gasteiger partial charge in [0.1, 0.15) is 5.38 Å². The topological polar surface area (TPSA) is 26.3 Å². The molecule has 1 aromatic rings. The lowest BCUT2D eigenvalue weighted by Gasteiger charge is -2.09. The first-order chi connectivity index (χ1) is 7.04. The predicted molar refractivity (Wildman–Crippen MR) is 67.2 cm³/mol. The van der Waals surface area contributed by atoms with Crippen molar-refractivity contribution in [2.24, 2.45) is 0 Å². The summed E-state index contributed by atoms with van der Waals surface area (Å²) in [5.74, 6) is -0.411. The van der Waals surface area contributed by atoms with Gasteiger partial charge >= 0.3 is 5.97 Å². The summed E-state index contributed by atoms with van der Waals surface area (Å²) in [6, 6.07) is 5.73. The molecule has 0 heterocycles. The number of hydrogen-bond donors (Lipinski definition) is 0. The monoisotopic (exact) mass is 354 g/mol. The molecule has 0 bridgehead atoms. The maximum Gasteiger partial charge on any atom is 0.324 e. The SMILES string of the molecule is COC(=O)C(Cl)Cc1ccc(Br)cc1Br. The molecule has 0 saturated carbocycles. The minimum atomic E-state index is -0.646. The molecule has 0 fully saturated rings. The van der Waals surface area contributed by atoms with Gasteiger partial charge in [-0.3, -0.25) is 4.79 Å². The molecule has 0 N–H and O–H groups in total. The molecular weight excluding hydrogens is 347 g/mol. The van der Waals surface area contributed by atoms with E-state index in [1.54, 1.807) is 0 Å². The number of carbonyl (C=O) groups is 1. The highest BCUT2D eigenvalue weighted by molar-refractivity contribution is 9.11. The van der Waals surface area contributed by atoms with E-state index < -0.39 is 11.3 Å². The minimum Gasteiger partial charge on any atom is -0.468 e. The number of ether oxygens (including phenoxy) is 1. The Bertz CT molecular complexity index is 368. The van der Waals surface area contributed by atoms with Crippen LogP contribution in [0.25, 0.3) is 0 Å². The molecule has 0 aromatic heterocycles. The Kier molecular flexibility index (Phi) is 5.09. The Morgan fingerprint density at radius 2 is 2.20 bits per heavy atom. The molecule has 5 heteroatoms. The van der Waals surface area contributed by atoms with Crippen LogP contribution in [0.2, 0.25) is 0 Å². The Balaban J connectivity index is 2.76. The lowest BCUT2D eigenvalue weighted by molar-refractivity contribution is -0.140. The summed E-state index contributed by atoms with van der Waals surface area (Å²) in [5.41, 5.74) is 0.976. The van der Waals surface area contributed by atoms with Gasteiger partial charge in [0.15, 0.2) is 0 Å². The second-order valence-corrected chi connectivity index (χ2v) is 5.23. The first-order valence-corrected chi connectivity index (χ1v) is 6.22. The molecule has 1 rings (SSSR count). The molecule has 0 aliphatic heterocycles. The van der Waals surface area contributed by atoms with Crippen molar-refractivity contribution in [2.45, 2.75) is 11.8 Å². The highest BCUT2D eigenvalue weighted by Crippen LogP contribution is 2.24. The Hall–Kier alpha value is -0.0600. The van der Waals surface area contributed by atoms with Crippen molar-refractivity contribution in [1.29, 1.82) is 0 Å². The fourth-order valence-corrected chi connectivity index (χ4v) is 2.56. The minimum absolute atomic E-state index is 0.411. The normalized spacial score (nSPS) is 12.3. The maximum atomic E-state index is 11.1. The van der Waals surface area contributed by atoms with E-state index in [1.165, 1.54) is 7.11 Å². The van der Waals surface area contributed by atoms with E-state index in [-0.39, 0.29) is 0 Å². The summed E-state index contributed by atoms with van der Waals surface area (Å²) in [4.78, 5) is 11.1. The third-order valence-electron chi connectivity index (χ3n) is 1.87. The number of esters is 1. The highest BCUT2D eigenvalue weighted by Gasteiger charge is 2.17. The van der Waals surface area contributed by atoms with Gasteiger partial charge in [-0.2, -0.15) is 0 Å². The van der Waals surface area contributed by atoms with E-state index in [9.17, 15) is 4.79 Å². The van der Waals surface area contributed by atoms with E-state index in [4.69, 9.17) is 11.6 Å². The maximum absolute atomic E-state index is 11.1. The van der Waals surface area contributed by atoms with Gasteiger partial charge in [-0.1, -0.05) is 37.9 Å². The number of hydrogen-bond acceptors (Lipinski definition) is 2. The number of carbonyl (C=O) groups excluding carboxylic acids is 1. The summed E-state index contributed by atoms with van der Waals surface area (Å²) < 4.78 is 6.45. The van der Waals surface area contributed by atoms with Crippen LogP contribution in [0, 0.1) is 0 Å². The van der Waals surface area contributed by atoms with Crippen LogP contribution in [0.5, 0.6) is 0 Å². The number of rotatable bonds is 3. The van der Waals surface area contributed by atoms with Crippen molar-refractivity contribution < 1.29 is 9.53 Å². The highest BCUT2D eigenvalue weighted by atomic mass is 79.9. The van der Waals surface area contributed by atoms with Crippen molar-refractivity contribution in [1.82, 2.24) is 0 Å². The summed E-state index contributed by atoms with van der Waals surface area (Å²) in [6.45, 7) is 0. The fourth-order valence-electron chi connectivity index (χ4n) is 1.09. The molecule has 0 saturated heterocycles. The van der Waals surface area contributed by atoms with Crippen LogP contribution in [-0.4, -0.2) is 18.5 Å². The van der Waals surface area contributed by atoms with Crippen LogP contribution in [-0.2, 0) is 16.0 Å². The molecule has 0 spiro atoms. The predicted octanol–water partition coefficient (Wildman–Crippen LogP) is 3.53. The number of methoxy groups -OCH3 is 1. The molecular formula is C10H9Br2ClO2. The third-order valence-corrected chi connectivity index (χ3v) is 3.44. The van der Waals surface area contributed by atoms with Gasteiger partial charge in [0.05, 0.1) is 7.11 Å². The van der Waals surface area contributed by atoms with Gasteiger partial charge in [0, 0.05) is 15.4 Å². The van der Waals surface area contributed by atoms with Gasteiger partial charge in [-0.25, -0.2) is 0 Å². The molecule has 1 unspecified atom stereocenters. The average molecular weight is 356 g/mol. The van der Waals surface area contributed by atoms with Crippen LogP contribution in [0.3, 0.4) is 0 Å². The van der Waals surface area contributed by atoms with Gasteiger partial charge < -0.3 is 4.74 Å². The first kappa shape index (κ1) is 13.0. The van der Waals surface area contributed by atoms with E-state index >= 15 is 0 Å². The quantitative estimate of drug-likeness (QED) is 0.612. The second kappa shape index (κ2) is 5.87. The number of benzene rings is 1. The first-order valence-electron chi connectivity index (χ1n) is 4.20. The molecule has 0 aliphatic carbocycles. The zero-order valence-electron chi connectivity index (χ0n) is 7.97. The molecule has 1 aromatic carbocycles. The summed E-state index contributed by atoms with van der Waals surface area (Å²) in [5, 5.41) is -0.646. The van der Waals surface area contributed by atoms with Crippen LogP contribution >= 0.6 is 43.5 Å². The van der Waals surface area contributed by atoms with Crippen molar-refractivity contribution in [3.05, 3.63) is 32.7 Å². The smallest absolute Gasteiger partial charge is 0.324 e. The van der Waals surface area contributed by atoms with Gasteiger partial charge in [0.25, 0.3) is 0 Å². The van der Waals surface area contributed by atoms with Gasteiger partial charge in [0.2, 0.25) is 0 Å². The van der Waals surface area contributed by atoms with E-state index in [0.717, 1.165) is 14.5 Å². The lowest BCUT2D eigenvalue weighted by Crippen LogP contribution is -2.18. The zero-order valence-corrected chi connectivity index (χ0v) is 11.9. The molecule has 0 amide bonds. The lowest BCUT2D eigenvalue weighted by atomic mass is 10.1. The van der Waals surface area contributed by atoms with Crippen LogP contribution in [0.4, 0.5) is 0 Å². The molecule has 82 valence electrons. The largest absolute Gasteiger partial charge is 0.468 e. The van der Waals surface area contributed by atoms with Crippen LogP contribution in [0.15, 0.2) is 27.1 Å². The average Bonchev–Trinajstić information content (AvgIpc) is 2.20. The Labute approximate surface area is 110 Å². The van der Waals surface area contributed by atoms with Crippen molar-refractivity contribution >= 4 is 49.4 Å². The van der Waals surface area contributed by atoms with Crippen molar-refractivity contribution in [3.63, 3.8) is 0 Å². The molecule has 2 nitrogen and oxygen atoms in total. The van der Waals surface area contributed by atoms with E-state index in [1.807, 2.05) is 18.2 Å². The molecule has 1 atom stereocenters. The van der Waals surface area contributed by atoms with E-state index in [2.05, 4.69) is 36.6 Å². The van der Waals surface area contributed by atoms with Gasteiger partial charge in [-0.15, -0.1) is 11.6 Å². The molecule has 0 aliphatic rings. The summed E-state index contributed by atoms with van der Waals surface area (Å²) in [6.07, 6.45) is 0.447. The second-order valence-electron chi connectivity index (χ2n) is 2.93. The Morgan fingerprint density at radius 1 is 1.53 bits per heavy atom. The standard InChI is InChI=1S/C10H9Br2ClO2/c1-15-10(14)9(13)4-6-2-3-7(11)5-8(6)12/h2-3,5,9H,4H2,1H3. The fraction of sp³-hybridized carbons (Fsp3) is 0.300. The third kappa shape index (κ3) is 3.78. The Morgan fingerprint density at radius 3 is 2.73 bits per heavy atom. The van der Waals surface area contributed by atoms with Crippen molar-refractivity contribution in [3.8, 4) is 0 Å². The number of alkyl halides is 1. The summed E-state index contributed by atoms with van der Waals surface area (Å²) >= 11 is 12.6. The van der Waals surface area contributed by atoms with E-state index in [0.29, 0.717) is 6.42 Å². The van der Waals surface area contributed by atoms with Gasteiger partial charge in [-0.05, 0) is 17.7 Å². The van der Waals surface area contributed by atoms with Crippen LogP contribution in [0.1, 0.15) is 5.56 Å². The summed E-state index contributed by atoms with van der Waals surface area (Å²) in [7, 11) is 1.33. The van der Waals surface area contributed by atoms with Crippen LogP contribution < -0.4 is 0 Å². The molecule has 0 radical (unpaired) electrons. The number of halogens is 3. The molecule has 15 heavy (non-hydrogen) atoms. The van der Waals surface area contributed by atoms with Crippen molar-refractivity contribution in [2.75, 3.05) is 7.11 Å². The zero-order chi connectivity index (χ0) is 11.4.